The van der Waals surface area contributed by atoms with Crippen LogP contribution in [0.1, 0.15) is 38.2 Å². The lowest BCUT2D eigenvalue weighted by Gasteiger charge is -2.32. The number of aromatic amines is 1. The van der Waals surface area contributed by atoms with Crippen molar-refractivity contribution in [2.24, 2.45) is 5.92 Å². The van der Waals surface area contributed by atoms with Gasteiger partial charge in [0.25, 0.3) is 0 Å². The second-order valence-electron chi connectivity index (χ2n) is 7.35. The maximum atomic E-state index is 12.7. The van der Waals surface area contributed by atoms with E-state index in [1.165, 1.54) is 18.4 Å². The average molecular weight is 378 g/mol. The standard InChI is InChI=1S/C21H26N6O/c1-2-3-4-15-5-7-17(8-6-15)26-21(28)16-9-11-27(12-10-16)20-18-19(23-13-22-18)24-14-25-20/h5-8,13-14,16H,2-4,9-12H2,1H3,(H,26,28)(H,22,23,24,25). The number of carbonyl (C=O) groups is 1. The van der Waals surface area contributed by atoms with Crippen LogP contribution in [0.3, 0.4) is 0 Å². The van der Waals surface area contributed by atoms with Gasteiger partial charge in [0.1, 0.15) is 11.8 Å². The minimum atomic E-state index is 0.0233. The molecule has 1 aliphatic rings. The van der Waals surface area contributed by atoms with E-state index in [2.05, 4.69) is 49.2 Å². The molecule has 146 valence electrons. The number of piperidine rings is 1. The molecule has 1 aromatic carbocycles. The summed E-state index contributed by atoms with van der Waals surface area (Å²) >= 11 is 0. The number of rotatable bonds is 6. The fourth-order valence-electron chi connectivity index (χ4n) is 3.73. The molecule has 28 heavy (non-hydrogen) atoms. The number of nitrogens with one attached hydrogen (secondary N) is 2. The van der Waals surface area contributed by atoms with Crippen LogP contribution in [0.15, 0.2) is 36.9 Å². The van der Waals surface area contributed by atoms with Crippen molar-refractivity contribution in [2.75, 3.05) is 23.3 Å². The number of aromatic nitrogens is 4. The molecule has 0 saturated carbocycles. The molecule has 3 aromatic rings. The second kappa shape index (κ2) is 8.37. The molecule has 0 spiro atoms. The minimum Gasteiger partial charge on any atom is -0.355 e. The Bertz CT molecular complexity index is 927. The van der Waals surface area contributed by atoms with Crippen molar-refractivity contribution in [3.8, 4) is 0 Å². The third-order valence-corrected chi connectivity index (χ3v) is 5.41. The van der Waals surface area contributed by atoms with Crippen LogP contribution in [0, 0.1) is 5.92 Å². The maximum absolute atomic E-state index is 12.7. The molecule has 0 aliphatic carbocycles. The van der Waals surface area contributed by atoms with Crippen LogP contribution in [0.2, 0.25) is 0 Å². The fraction of sp³-hybridized carbons (Fsp3) is 0.429. The highest BCUT2D eigenvalue weighted by Gasteiger charge is 2.27. The molecule has 0 atom stereocenters. The number of nitrogens with zero attached hydrogens (tertiary/aromatic N) is 4. The Morgan fingerprint density at radius 2 is 1.96 bits per heavy atom. The van der Waals surface area contributed by atoms with E-state index in [-0.39, 0.29) is 11.8 Å². The quantitative estimate of drug-likeness (QED) is 0.685. The van der Waals surface area contributed by atoms with E-state index in [9.17, 15) is 4.79 Å². The van der Waals surface area contributed by atoms with Gasteiger partial charge in [-0.25, -0.2) is 15.0 Å². The topological polar surface area (TPSA) is 86.8 Å². The van der Waals surface area contributed by atoms with Crippen molar-refractivity contribution >= 4 is 28.6 Å². The summed E-state index contributed by atoms with van der Waals surface area (Å²) in [5.41, 5.74) is 3.73. The Kier molecular flexibility index (Phi) is 5.50. The highest BCUT2D eigenvalue weighted by atomic mass is 16.1. The summed E-state index contributed by atoms with van der Waals surface area (Å²) in [4.78, 5) is 30.7. The molecular weight excluding hydrogens is 352 g/mol. The van der Waals surface area contributed by atoms with Crippen molar-refractivity contribution < 1.29 is 4.79 Å². The Hall–Kier alpha value is -2.96. The van der Waals surface area contributed by atoms with Crippen molar-refractivity contribution in [1.29, 1.82) is 0 Å². The van der Waals surface area contributed by atoms with Gasteiger partial charge in [0, 0.05) is 24.7 Å². The van der Waals surface area contributed by atoms with Crippen LogP contribution in [0.5, 0.6) is 0 Å². The number of benzene rings is 1. The van der Waals surface area contributed by atoms with Gasteiger partial charge in [0.2, 0.25) is 5.91 Å². The zero-order chi connectivity index (χ0) is 19.3. The summed E-state index contributed by atoms with van der Waals surface area (Å²) in [5.74, 6) is 0.995. The van der Waals surface area contributed by atoms with Crippen molar-refractivity contribution in [1.82, 2.24) is 19.9 Å². The summed E-state index contributed by atoms with van der Waals surface area (Å²) in [6.07, 6.45) is 8.27. The number of unbranched alkanes of at least 4 members (excludes halogenated alkanes) is 1. The van der Waals surface area contributed by atoms with E-state index in [1.807, 2.05) is 12.1 Å². The first-order chi connectivity index (χ1) is 13.7. The molecule has 1 fully saturated rings. The molecular formula is C21H26N6O. The molecule has 0 unspecified atom stereocenters. The molecule has 2 aromatic heterocycles. The van der Waals surface area contributed by atoms with Crippen molar-refractivity contribution in [2.45, 2.75) is 39.0 Å². The smallest absolute Gasteiger partial charge is 0.227 e. The Labute approximate surface area is 164 Å². The zero-order valence-electron chi connectivity index (χ0n) is 16.2. The molecule has 0 radical (unpaired) electrons. The molecule has 0 bridgehead atoms. The van der Waals surface area contributed by atoms with Gasteiger partial charge in [-0.05, 0) is 43.4 Å². The first-order valence-corrected chi connectivity index (χ1v) is 10.0. The number of anilines is 2. The number of H-pyrrole nitrogens is 1. The lowest BCUT2D eigenvalue weighted by atomic mass is 9.95. The van der Waals surface area contributed by atoms with E-state index >= 15 is 0 Å². The van der Waals surface area contributed by atoms with Crippen LogP contribution in [-0.2, 0) is 11.2 Å². The highest BCUT2D eigenvalue weighted by molar-refractivity contribution is 5.92. The second-order valence-corrected chi connectivity index (χ2v) is 7.35. The third kappa shape index (κ3) is 3.98. The van der Waals surface area contributed by atoms with Crippen LogP contribution in [0.4, 0.5) is 11.5 Å². The summed E-state index contributed by atoms with van der Waals surface area (Å²) < 4.78 is 0. The normalized spacial score (nSPS) is 15.1. The third-order valence-electron chi connectivity index (χ3n) is 5.41. The molecule has 3 heterocycles. The van der Waals surface area contributed by atoms with Gasteiger partial charge < -0.3 is 15.2 Å². The highest BCUT2D eigenvalue weighted by Crippen LogP contribution is 2.26. The molecule has 1 amide bonds. The molecule has 1 aliphatic heterocycles. The van der Waals surface area contributed by atoms with Crippen molar-refractivity contribution in [3.05, 3.63) is 42.5 Å². The monoisotopic (exact) mass is 378 g/mol. The van der Waals surface area contributed by atoms with E-state index < -0.39 is 0 Å². The maximum Gasteiger partial charge on any atom is 0.227 e. The van der Waals surface area contributed by atoms with Crippen LogP contribution >= 0.6 is 0 Å². The van der Waals surface area contributed by atoms with Gasteiger partial charge in [-0.3, -0.25) is 4.79 Å². The molecule has 7 heteroatoms. The largest absolute Gasteiger partial charge is 0.355 e. The minimum absolute atomic E-state index is 0.0233. The molecule has 1 saturated heterocycles. The predicted molar refractivity (Wildman–Crippen MR) is 110 cm³/mol. The Balaban J connectivity index is 1.33. The van der Waals surface area contributed by atoms with Gasteiger partial charge in [-0.1, -0.05) is 25.5 Å². The van der Waals surface area contributed by atoms with E-state index in [1.54, 1.807) is 12.7 Å². The number of imidazole rings is 1. The SMILES string of the molecule is CCCCc1ccc(NC(=O)C2CCN(c3ncnc4nc[nH]c34)CC2)cc1. The number of amides is 1. The summed E-state index contributed by atoms with van der Waals surface area (Å²) in [5, 5.41) is 3.08. The first kappa shape index (κ1) is 18.4. The Morgan fingerprint density at radius 3 is 2.71 bits per heavy atom. The van der Waals surface area contributed by atoms with Gasteiger partial charge in [0.15, 0.2) is 11.5 Å². The van der Waals surface area contributed by atoms with Crippen LogP contribution in [-0.4, -0.2) is 38.9 Å². The number of fused-ring (bicyclic) bond motifs is 1. The van der Waals surface area contributed by atoms with Crippen LogP contribution in [0.25, 0.3) is 11.2 Å². The summed E-state index contributed by atoms with van der Waals surface area (Å²) in [6, 6.07) is 8.24. The lowest BCUT2D eigenvalue weighted by Crippen LogP contribution is -2.38. The summed E-state index contributed by atoms with van der Waals surface area (Å²) in [6.45, 7) is 3.78. The molecule has 7 nitrogen and oxygen atoms in total. The number of carbonyl (C=O) groups excluding carboxylic acids is 1. The number of aryl methyl sites for hydroxylation is 1. The number of hydrogen-bond acceptors (Lipinski definition) is 5. The van der Waals surface area contributed by atoms with Gasteiger partial charge in [-0.2, -0.15) is 0 Å². The molecule has 2 N–H and O–H groups in total. The Morgan fingerprint density at radius 1 is 1.18 bits per heavy atom. The zero-order valence-corrected chi connectivity index (χ0v) is 16.2. The summed E-state index contributed by atoms with van der Waals surface area (Å²) in [7, 11) is 0. The van der Waals surface area contributed by atoms with Gasteiger partial charge in [-0.15, -0.1) is 0 Å². The first-order valence-electron chi connectivity index (χ1n) is 10.0. The fourth-order valence-corrected chi connectivity index (χ4v) is 3.73. The molecule has 4 rings (SSSR count). The number of hydrogen-bond donors (Lipinski definition) is 2. The van der Waals surface area contributed by atoms with E-state index in [0.717, 1.165) is 49.4 Å². The van der Waals surface area contributed by atoms with Crippen LogP contribution < -0.4 is 10.2 Å². The van der Waals surface area contributed by atoms with E-state index in [4.69, 9.17) is 0 Å². The average Bonchev–Trinajstić information content (AvgIpc) is 3.22. The predicted octanol–water partition coefficient (Wildman–Crippen LogP) is 3.55. The van der Waals surface area contributed by atoms with Gasteiger partial charge in [0.05, 0.1) is 6.33 Å². The van der Waals surface area contributed by atoms with Gasteiger partial charge >= 0.3 is 0 Å². The lowest BCUT2D eigenvalue weighted by molar-refractivity contribution is -0.120. The van der Waals surface area contributed by atoms with E-state index in [0.29, 0.717) is 5.65 Å². The van der Waals surface area contributed by atoms with Crippen molar-refractivity contribution in [3.63, 3.8) is 0 Å².